The summed E-state index contributed by atoms with van der Waals surface area (Å²) < 4.78 is 0. The second kappa shape index (κ2) is 12.3. The van der Waals surface area contributed by atoms with Crippen molar-refractivity contribution in [2.24, 2.45) is 0 Å². The maximum Gasteiger partial charge on any atom is 0.223 e. The Hall–Kier alpha value is -4.14. The van der Waals surface area contributed by atoms with Crippen LogP contribution in [0.15, 0.2) is 54.7 Å². The molecule has 2 aliphatic rings. The van der Waals surface area contributed by atoms with Gasteiger partial charge in [0.25, 0.3) is 0 Å². The molecule has 0 radical (unpaired) electrons. The number of aryl methyl sites for hydroxylation is 5. The largest absolute Gasteiger partial charge is 0.356 e. The number of H-pyrrole nitrogens is 2. The summed E-state index contributed by atoms with van der Waals surface area (Å²) >= 11 is 12.3. The number of aromatic nitrogens is 6. The molecule has 2 aromatic carbocycles. The van der Waals surface area contributed by atoms with Crippen LogP contribution in [0, 0.1) is 20.8 Å². The molecule has 2 unspecified atom stereocenters. The highest BCUT2D eigenvalue weighted by molar-refractivity contribution is 6.31. The number of benzene rings is 2. The summed E-state index contributed by atoms with van der Waals surface area (Å²) in [5, 5.41) is 11.0. The molecule has 0 spiro atoms. The van der Waals surface area contributed by atoms with Gasteiger partial charge in [0.2, 0.25) is 11.9 Å². The van der Waals surface area contributed by atoms with E-state index in [1.54, 1.807) is 6.20 Å². The maximum atomic E-state index is 6.17. The number of aromatic amines is 2. The van der Waals surface area contributed by atoms with Crippen molar-refractivity contribution in [3.8, 4) is 0 Å². The van der Waals surface area contributed by atoms with E-state index in [-0.39, 0.29) is 12.1 Å². The van der Waals surface area contributed by atoms with Crippen molar-refractivity contribution in [2.45, 2.75) is 71.4 Å². The van der Waals surface area contributed by atoms with Crippen LogP contribution in [0.1, 0.15) is 77.4 Å². The van der Waals surface area contributed by atoms with E-state index in [0.717, 1.165) is 76.7 Å². The standard InChI is InChI=1S/C18H19ClN4.C17H17ClN4/c1-10-8-11(2)21-18(20-10)23-16-5-3-4-13-14-9-12(19)6-7-15(14)22-17(13)16;1-10-7-8-19-17(20-10)22-15-4-2-3-12-13-9-11(18)5-6-14(13)21-16(12)15/h6-9,16,22H,3-5H2,1-2H3,(H,20,21,23);5-9,15,21H,2-4H2,1H3,(H,19,20,22). The third-order valence-electron chi connectivity index (χ3n) is 8.72. The van der Waals surface area contributed by atoms with E-state index < -0.39 is 0 Å². The summed E-state index contributed by atoms with van der Waals surface area (Å²) in [5.41, 5.74) is 10.5. The van der Waals surface area contributed by atoms with Gasteiger partial charge in [0.05, 0.1) is 12.1 Å². The highest BCUT2D eigenvalue weighted by Gasteiger charge is 2.26. The van der Waals surface area contributed by atoms with E-state index in [0.29, 0.717) is 11.9 Å². The van der Waals surface area contributed by atoms with Crippen molar-refractivity contribution >= 4 is 56.9 Å². The molecule has 4 N–H and O–H groups in total. The fourth-order valence-corrected chi connectivity index (χ4v) is 7.12. The van der Waals surface area contributed by atoms with Gasteiger partial charge in [-0.05, 0) is 119 Å². The normalized spacial score (nSPS) is 17.4. The van der Waals surface area contributed by atoms with Gasteiger partial charge in [-0.3, -0.25) is 0 Å². The fraction of sp³-hybridized carbons (Fsp3) is 0.314. The van der Waals surface area contributed by atoms with Gasteiger partial charge in [0, 0.05) is 66.5 Å². The first-order chi connectivity index (χ1) is 21.8. The van der Waals surface area contributed by atoms with Crippen molar-refractivity contribution in [1.29, 1.82) is 0 Å². The number of halogens is 2. The minimum atomic E-state index is 0.214. The average Bonchev–Trinajstić information content (AvgIpc) is 3.56. The Bertz CT molecular complexity index is 1990. The minimum absolute atomic E-state index is 0.214. The van der Waals surface area contributed by atoms with E-state index in [2.05, 4.69) is 64.8 Å². The van der Waals surface area contributed by atoms with Crippen LogP contribution in [0.25, 0.3) is 21.8 Å². The highest BCUT2D eigenvalue weighted by Crippen LogP contribution is 2.38. The van der Waals surface area contributed by atoms with Gasteiger partial charge in [-0.2, -0.15) is 0 Å². The van der Waals surface area contributed by atoms with Gasteiger partial charge in [-0.15, -0.1) is 0 Å². The van der Waals surface area contributed by atoms with Gasteiger partial charge in [0.1, 0.15) is 0 Å². The quantitative estimate of drug-likeness (QED) is 0.153. The van der Waals surface area contributed by atoms with Crippen LogP contribution in [0.4, 0.5) is 11.9 Å². The van der Waals surface area contributed by atoms with Crippen molar-refractivity contribution in [3.05, 3.63) is 104 Å². The van der Waals surface area contributed by atoms with Crippen LogP contribution >= 0.6 is 23.2 Å². The highest BCUT2D eigenvalue weighted by atomic mass is 35.5. The molecule has 4 aromatic heterocycles. The Morgan fingerprint density at radius 3 is 1.69 bits per heavy atom. The van der Waals surface area contributed by atoms with Gasteiger partial charge in [0.15, 0.2) is 0 Å². The zero-order valence-corrected chi connectivity index (χ0v) is 27.2. The van der Waals surface area contributed by atoms with Gasteiger partial charge < -0.3 is 20.6 Å². The summed E-state index contributed by atoms with van der Waals surface area (Å²) in [7, 11) is 0. The molecule has 6 aromatic rings. The number of nitrogens with zero attached hydrogens (tertiary/aromatic N) is 4. The molecule has 230 valence electrons. The smallest absolute Gasteiger partial charge is 0.223 e. The molecular weight excluding hydrogens is 603 g/mol. The number of nitrogens with one attached hydrogen (secondary N) is 4. The molecule has 10 heteroatoms. The summed E-state index contributed by atoms with van der Waals surface area (Å²) in [6.45, 7) is 5.97. The molecule has 0 amide bonds. The number of hydrogen-bond donors (Lipinski definition) is 4. The van der Waals surface area contributed by atoms with E-state index in [9.17, 15) is 0 Å². The third-order valence-corrected chi connectivity index (χ3v) is 9.19. The summed E-state index contributed by atoms with van der Waals surface area (Å²) in [6.07, 6.45) is 8.41. The van der Waals surface area contributed by atoms with Crippen molar-refractivity contribution in [2.75, 3.05) is 10.6 Å². The SMILES string of the molecule is Cc1cc(C)nc(NC2CCCc3c2[nH]c2ccc(Cl)cc32)n1.Cc1ccnc(NC2CCCc3c2[nH]c2ccc(Cl)cc32)n1. The molecule has 8 rings (SSSR count). The van der Waals surface area contributed by atoms with Crippen LogP contribution in [-0.2, 0) is 12.8 Å². The lowest BCUT2D eigenvalue weighted by molar-refractivity contribution is 0.588. The second-order valence-corrected chi connectivity index (χ2v) is 13.0. The maximum absolute atomic E-state index is 6.17. The molecule has 0 aliphatic heterocycles. The Balaban J connectivity index is 0.000000145. The van der Waals surface area contributed by atoms with E-state index >= 15 is 0 Å². The molecule has 2 aliphatic carbocycles. The molecule has 4 heterocycles. The topological polar surface area (TPSA) is 107 Å². The Labute approximate surface area is 272 Å². The lowest BCUT2D eigenvalue weighted by Crippen LogP contribution is -2.18. The predicted octanol–water partition coefficient (Wildman–Crippen LogP) is 9.13. The van der Waals surface area contributed by atoms with Crippen molar-refractivity contribution in [3.63, 3.8) is 0 Å². The Morgan fingerprint density at radius 1 is 0.644 bits per heavy atom. The van der Waals surface area contributed by atoms with Crippen LogP contribution in [0.5, 0.6) is 0 Å². The zero-order chi connectivity index (χ0) is 31.1. The van der Waals surface area contributed by atoms with Crippen molar-refractivity contribution < 1.29 is 0 Å². The molecule has 2 atom stereocenters. The molecule has 0 bridgehead atoms. The molecule has 0 fully saturated rings. The number of fused-ring (bicyclic) bond motifs is 6. The first kappa shape index (κ1) is 29.6. The van der Waals surface area contributed by atoms with E-state index in [4.69, 9.17) is 23.2 Å². The molecule has 0 saturated heterocycles. The van der Waals surface area contributed by atoms with E-state index in [1.165, 1.54) is 33.3 Å². The lowest BCUT2D eigenvalue weighted by atomic mass is 9.92. The number of rotatable bonds is 4. The predicted molar refractivity (Wildman–Crippen MR) is 183 cm³/mol. The Kier molecular flexibility index (Phi) is 8.10. The number of hydrogen-bond acceptors (Lipinski definition) is 6. The summed E-state index contributed by atoms with van der Waals surface area (Å²) in [5.74, 6) is 1.39. The lowest BCUT2D eigenvalue weighted by Gasteiger charge is -2.24. The van der Waals surface area contributed by atoms with Crippen LogP contribution in [0.3, 0.4) is 0 Å². The second-order valence-electron chi connectivity index (χ2n) is 12.1. The van der Waals surface area contributed by atoms with Gasteiger partial charge in [-0.25, -0.2) is 19.9 Å². The van der Waals surface area contributed by atoms with Crippen LogP contribution < -0.4 is 10.6 Å². The zero-order valence-electron chi connectivity index (χ0n) is 25.6. The molecular formula is C35H36Cl2N8. The first-order valence-electron chi connectivity index (χ1n) is 15.6. The van der Waals surface area contributed by atoms with E-state index in [1.807, 2.05) is 45.0 Å². The summed E-state index contributed by atoms with van der Waals surface area (Å²) in [6, 6.07) is 16.4. The van der Waals surface area contributed by atoms with Crippen LogP contribution in [0.2, 0.25) is 10.0 Å². The van der Waals surface area contributed by atoms with Crippen molar-refractivity contribution in [1.82, 2.24) is 29.9 Å². The summed E-state index contributed by atoms with van der Waals surface area (Å²) in [4.78, 5) is 24.9. The minimum Gasteiger partial charge on any atom is -0.356 e. The molecule has 0 saturated carbocycles. The molecule has 45 heavy (non-hydrogen) atoms. The van der Waals surface area contributed by atoms with Gasteiger partial charge >= 0.3 is 0 Å². The first-order valence-corrected chi connectivity index (χ1v) is 16.3. The monoisotopic (exact) mass is 638 g/mol. The van der Waals surface area contributed by atoms with Gasteiger partial charge in [-0.1, -0.05) is 23.2 Å². The third kappa shape index (κ3) is 6.22. The van der Waals surface area contributed by atoms with Crippen LogP contribution in [-0.4, -0.2) is 29.9 Å². The molecule has 8 nitrogen and oxygen atoms in total. The fourth-order valence-electron chi connectivity index (χ4n) is 6.78. The Morgan fingerprint density at radius 2 is 1.16 bits per heavy atom. The number of anilines is 2. The average molecular weight is 640 g/mol.